The number of rotatable bonds is 4. The molecule has 0 amide bonds. The lowest BCUT2D eigenvalue weighted by Gasteiger charge is -2.15. The van der Waals surface area contributed by atoms with Crippen molar-refractivity contribution >= 4 is 11.6 Å². The van der Waals surface area contributed by atoms with Crippen LogP contribution < -0.4 is 5.32 Å². The zero-order chi connectivity index (χ0) is 13.0. The van der Waals surface area contributed by atoms with Crippen LogP contribution in [0.15, 0.2) is 48.5 Å². The number of benzene rings is 2. The summed E-state index contributed by atoms with van der Waals surface area (Å²) in [5.74, 6) is -0.209. The summed E-state index contributed by atoms with van der Waals surface area (Å²) in [6, 6.07) is 14.4. The van der Waals surface area contributed by atoms with Crippen LogP contribution in [0, 0.1) is 5.82 Å². The average Bonchev–Trinajstić information content (AvgIpc) is 2.37. The quantitative estimate of drug-likeness (QED) is 0.866. The molecule has 94 valence electrons. The molecule has 0 aliphatic heterocycles. The minimum absolute atomic E-state index is 0.0805. The van der Waals surface area contributed by atoms with E-state index in [1.807, 2.05) is 37.3 Å². The molecule has 18 heavy (non-hydrogen) atoms. The molecule has 2 rings (SSSR count). The van der Waals surface area contributed by atoms with E-state index in [0.29, 0.717) is 6.54 Å². The van der Waals surface area contributed by atoms with E-state index in [0.717, 1.165) is 16.1 Å². The van der Waals surface area contributed by atoms with Crippen molar-refractivity contribution in [3.8, 4) is 0 Å². The summed E-state index contributed by atoms with van der Waals surface area (Å²) in [7, 11) is 0. The van der Waals surface area contributed by atoms with Crippen LogP contribution >= 0.6 is 11.6 Å². The van der Waals surface area contributed by atoms with Crippen molar-refractivity contribution in [1.82, 2.24) is 5.32 Å². The lowest BCUT2D eigenvalue weighted by Crippen LogP contribution is -2.18. The van der Waals surface area contributed by atoms with E-state index < -0.39 is 0 Å². The third-order valence-electron chi connectivity index (χ3n) is 2.91. The van der Waals surface area contributed by atoms with Gasteiger partial charge < -0.3 is 5.32 Å². The fourth-order valence-electron chi connectivity index (χ4n) is 1.80. The van der Waals surface area contributed by atoms with Gasteiger partial charge in [0.1, 0.15) is 5.82 Å². The Hall–Kier alpha value is -1.38. The van der Waals surface area contributed by atoms with E-state index in [4.69, 9.17) is 11.6 Å². The molecule has 0 unspecified atom stereocenters. The van der Waals surface area contributed by atoms with Crippen molar-refractivity contribution in [1.29, 1.82) is 0 Å². The van der Waals surface area contributed by atoms with Gasteiger partial charge in [-0.25, -0.2) is 4.39 Å². The maximum absolute atomic E-state index is 13.1. The Bertz CT molecular complexity index is 527. The molecule has 1 N–H and O–H groups in total. The van der Waals surface area contributed by atoms with Crippen molar-refractivity contribution in [2.24, 2.45) is 0 Å². The second-order valence-corrected chi connectivity index (χ2v) is 4.66. The van der Waals surface area contributed by atoms with Gasteiger partial charge in [0.15, 0.2) is 0 Å². The molecule has 2 aromatic carbocycles. The van der Waals surface area contributed by atoms with Crippen LogP contribution in [0.2, 0.25) is 5.02 Å². The third-order valence-corrected chi connectivity index (χ3v) is 3.27. The largest absolute Gasteiger partial charge is 0.306 e. The Morgan fingerprint density at radius 1 is 1.17 bits per heavy atom. The first kappa shape index (κ1) is 13.1. The van der Waals surface area contributed by atoms with Crippen molar-refractivity contribution in [2.75, 3.05) is 0 Å². The molecule has 0 spiro atoms. The van der Waals surface area contributed by atoms with Gasteiger partial charge in [-0.1, -0.05) is 41.9 Å². The Morgan fingerprint density at radius 3 is 2.67 bits per heavy atom. The van der Waals surface area contributed by atoms with Gasteiger partial charge in [-0.15, -0.1) is 0 Å². The van der Waals surface area contributed by atoms with Crippen molar-refractivity contribution in [3.63, 3.8) is 0 Å². The maximum atomic E-state index is 13.1. The molecule has 0 aliphatic carbocycles. The molecule has 0 heterocycles. The second kappa shape index (κ2) is 5.98. The van der Waals surface area contributed by atoms with Crippen LogP contribution in [0.5, 0.6) is 0 Å². The molecule has 0 fully saturated rings. The highest BCUT2D eigenvalue weighted by atomic mass is 35.5. The van der Waals surface area contributed by atoms with Crippen LogP contribution in [0.4, 0.5) is 4.39 Å². The van der Waals surface area contributed by atoms with E-state index >= 15 is 0 Å². The lowest BCUT2D eigenvalue weighted by molar-refractivity contribution is 0.565. The highest BCUT2D eigenvalue weighted by Gasteiger charge is 2.06. The van der Waals surface area contributed by atoms with Crippen molar-refractivity contribution in [2.45, 2.75) is 19.5 Å². The molecule has 1 nitrogen and oxygen atoms in total. The van der Waals surface area contributed by atoms with Crippen LogP contribution in [-0.4, -0.2) is 0 Å². The molecule has 0 saturated heterocycles. The number of hydrogen-bond donors (Lipinski definition) is 1. The fraction of sp³-hybridized carbons (Fsp3) is 0.200. The lowest BCUT2D eigenvalue weighted by atomic mass is 10.1. The first-order valence-electron chi connectivity index (χ1n) is 5.89. The van der Waals surface area contributed by atoms with Gasteiger partial charge in [0.2, 0.25) is 0 Å². The van der Waals surface area contributed by atoms with Crippen molar-refractivity contribution in [3.05, 3.63) is 70.5 Å². The van der Waals surface area contributed by atoms with Crippen LogP contribution in [0.1, 0.15) is 24.1 Å². The first-order chi connectivity index (χ1) is 8.66. The minimum Gasteiger partial charge on any atom is -0.306 e. The van der Waals surface area contributed by atoms with Crippen LogP contribution in [0.25, 0.3) is 0 Å². The molecule has 0 aromatic heterocycles. The SMILES string of the molecule is C[C@H](NCc1ccccc1Cl)c1cccc(F)c1. The summed E-state index contributed by atoms with van der Waals surface area (Å²) in [5.41, 5.74) is 1.98. The molecule has 0 aliphatic rings. The zero-order valence-electron chi connectivity index (χ0n) is 10.2. The van der Waals surface area contributed by atoms with Gasteiger partial charge in [0.05, 0.1) is 0 Å². The highest BCUT2D eigenvalue weighted by molar-refractivity contribution is 6.31. The summed E-state index contributed by atoms with van der Waals surface area (Å²) in [5, 5.41) is 4.08. The van der Waals surface area contributed by atoms with Gasteiger partial charge in [-0.05, 0) is 36.2 Å². The van der Waals surface area contributed by atoms with Gasteiger partial charge in [-0.2, -0.15) is 0 Å². The second-order valence-electron chi connectivity index (χ2n) is 4.25. The van der Waals surface area contributed by atoms with Crippen molar-refractivity contribution < 1.29 is 4.39 Å². The summed E-state index contributed by atoms with van der Waals surface area (Å²) >= 11 is 6.08. The van der Waals surface area contributed by atoms with Gasteiger partial charge in [0, 0.05) is 17.6 Å². The van der Waals surface area contributed by atoms with E-state index in [1.54, 1.807) is 12.1 Å². The fourth-order valence-corrected chi connectivity index (χ4v) is 2.00. The third kappa shape index (κ3) is 3.31. The Morgan fingerprint density at radius 2 is 1.94 bits per heavy atom. The molecule has 1 atom stereocenters. The first-order valence-corrected chi connectivity index (χ1v) is 6.27. The molecule has 2 aromatic rings. The van der Waals surface area contributed by atoms with E-state index in [9.17, 15) is 4.39 Å². The number of nitrogens with one attached hydrogen (secondary N) is 1. The number of hydrogen-bond acceptors (Lipinski definition) is 1. The van der Waals surface area contributed by atoms with Crippen LogP contribution in [0.3, 0.4) is 0 Å². The summed E-state index contributed by atoms with van der Waals surface area (Å²) in [4.78, 5) is 0. The predicted molar refractivity (Wildman–Crippen MR) is 73.1 cm³/mol. The topological polar surface area (TPSA) is 12.0 Å². The molecule has 0 saturated carbocycles. The minimum atomic E-state index is -0.209. The predicted octanol–water partition coefficient (Wildman–Crippen LogP) is 4.33. The van der Waals surface area contributed by atoms with Gasteiger partial charge >= 0.3 is 0 Å². The Labute approximate surface area is 112 Å². The van der Waals surface area contributed by atoms with Crippen LogP contribution in [-0.2, 0) is 6.54 Å². The zero-order valence-corrected chi connectivity index (χ0v) is 10.9. The standard InChI is InChI=1S/C15H15ClFN/c1-11(12-6-4-7-14(17)9-12)18-10-13-5-2-3-8-15(13)16/h2-9,11,18H,10H2,1H3/t11-/m0/s1. The van der Waals surface area contributed by atoms with E-state index in [-0.39, 0.29) is 11.9 Å². The van der Waals surface area contributed by atoms with Gasteiger partial charge in [0.25, 0.3) is 0 Å². The molecule has 0 bridgehead atoms. The monoisotopic (exact) mass is 263 g/mol. The maximum Gasteiger partial charge on any atom is 0.123 e. The van der Waals surface area contributed by atoms with E-state index in [1.165, 1.54) is 6.07 Å². The summed E-state index contributed by atoms with van der Waals surface area (Å²) in [6.07, 6.45) is 0. The van der Waals surface area contributed by atoms with E-state index in [2.05, 4.69) is 5.32 Å². The molecule has 3 heteroatoms. The highest BCUT2D eigenvalue weighted by Crippen LogP contribution is 2.17. The van der Waals surface area contributed by atoms with Gasteiger partial charge in [-0.3, -0.25) is 0 Å². The molecular formula is C15H15ClFN. The molecule has 0 radical (unpaired) electrons. The summed E-state index contributed by atoms with van der Waals surface area (Å²) in [6.45, 7) is 2.67. The summed E-state index contributed by atoms with van der Waals surface area (Å²) < 4.78 is 13.1. The Balaban J connectivity index is 2.00. The molecular weight excluding hydrogens is 249 g/mol. The number of halogens is 2. The smallest absolute Gasteiger partial charge is 0.123 e. The normalized spacial score (nSPS) is 12.4. The Kier molecular flexibility index (Phi) is 4.34. The average molecular weight is 264 g/mol.